The van der Waals surface area contributed by atoms with Crippen molar-refractivity contribution in [1.29, 1.82) is 0 Å². The molecule has 0 spiro atoms. The number of aryl methyl sites for hydroxylation is 1. The van der Waals surface area contributed by atoms with Crippen molar-refractivity contribution in [3.63, 3.8) is 0 Å². The largest absolute Gasteiger partial charge is 0.361 e. The summed E-state index contributed by atoms with van der Waals surface area (Å²) in [6, 6.07) is 9.22. The molecule has 0 aliphatic heterocycles. The molecule has 2 aromatic carbocycles. The molecule has 0 bridgehead atoms. The fraction of sp³-hybridized carbons (Fsp3) is 0.0588. The molecule has 0 unspecified atom stereocenters. The molecule has 1 aromatic heterocycles. The number of halogens is 2. The van der Waals surface area contributed by atoms with E-state index in [0.717, 1.165) is 12.1 Å². The molecule has 1 amide bonds. The Hall–Kier alpha value is -2.91. The molecule has 0 saturated heterocycles. The highest BCUT2D eigenvalue weighted by Crippen LogP contribution is 2.23. The maximum atomic E-state index is 13.9. The number of sulfonamides is 1. The number of carbonyl (C=O) groups is 1. The number of aromatic nitrogens is 1. The number of benzene rings is 2. The second kappa shape index (κ2) is 7.37. The van der Waals surface area contributed by atoms with E-state index in [1.165, 1.54) is 30.5 Å². The molecular weight excluding hydrogens is 397 g/mol. The molecule has 0 aliphatic rings. The molecule has 0 fully saturated rings. The lowest BCUT2D eigenvalue weighted by Crippen LogP contribution is -2.15. The van der Waals surface area contributed by atoms with Gasteiger partial charge in [0, 0.05) is 10.7 Å². The zero-order valence-corrected chi connectivity index (χ0v) is 15.4. The van der Waals surface area contributed by atoms with E-state index in [1.54, 1.807) is 13.0 Å². The van der Waals surface area contributed by atoms with Crippen LogP contribution in [-0.4, -0.2) is 19.5 Å². The average molecular weight is 410 g/mol. The van der Waals surface area contributed by atoms with Crippen molar-refractivity contribution in [2.24, 2.45) is 0 Å². The van der Waals surface area contributed by atoms with Crippen LogP contribution >= 0.6 is 11.6 Å². The van der Waals surface area contributed by atoms with Crippen molar-refractivity contribution in [3.8, 4) is 0 Å². The third-order valence-electron chi connectivity index (χ3n) is 3.55. The Bertz CT molecular complexity index is 1110. The molecule has 3 rings (SSSR count). The summed E-state index contributed by atoms with van der Waals surface area (Å²) in [6.07, 6.45) is 1.28. The second-order valence-corrected chi connectivity index (χ2v) is 7.60. The van der Waals surface area contributed by atoms with E-state index in [4.69, 9.17) is 16.1 Å². The maximum absolute atomic E-state index is 13.9. The summed E-state index contributed by atoms with van der Waals surface area (Å²) < 4.78 is 45.8. The molecule has 0 atom stereocenters. The van der Waals surface area contributed by atoms with E-state index in [0.29, 0.717) is 11.4 Å². The Kier molecular flexibility index (Phi) is 5.15. The lowest BCUT2D eigenvalue weighted by molar-refractivity contribution is 0.102. The molecular formula is C17H13ClFN3O4S. The third-order valence-corrected chi connectivity index (χ3v) is 5.20. The first-order chi connectivity index (χ1) is 12.8. The van der Waals surface area contributed by atoms with Crippen molar-refractivity contribution in [2.75, 3.05) is 10.0 Å². The molecule has 140 valence electrons. The van der Waals surface area contributed by atoms with Gasteiger partial charge in [-0.3, -0.25) is 9.52 Å². The van der Waals surface area contributed by atoms with Gasteiger partial charge in [-0.15, -0.1) is 0 Å². The first-order valence-corrected chi connectivity index (χ1v) is 9.43. The van der Waals surface area contributed by atoms with Gasteiger partial charge in [0.05, 0.1) is 11.9 Å². The predicted octanol–water partition coefficient (Wildman–Crippen LogP) is 3.83. The van der Waals surface area contributed by atoms with Crippen molar-refractivity contribution in [1.82, 2.24) is 5.16 Å². The highest BCUT2D eigenvalue weighted by molar-refractivity contribution is 7.92. The topological polar surface area (TPSA) is 101 Å². The number of hydrogen-bond acceptors (Lipinski definition) is 5. The molecule has 7 nitrogen and oxygen atoms in total. The quantitative estimate of drug-likeness (QED) is 0.666. The minimum Gasteiger partial charge on any atom is -0.361 e. The summed E-state index contributed by atoms with van der Waals surface area (Å²) >= 11 is 5.64. The van der Waals surface area contributed by atoms with E-state index in [2.05, 4.69) is 15.2 Å². The number of hydrogen-bond donors (Lipinski definition) is 2. The van der Waals surface area contributed by atoms with E-state index in [9.17, 15) is 17.6 Å². The predicted molar refractivity (Wildman–Crippen MR) is 97.9 cm³/mol. The van der Waals surface area contributed by atoms with Gasteiger partial charge in [-0.1, -0.05) is 22.8 Å². The van der Waals surface area contributed by atoms with Gasteiger partial charge in [-0.2, -0.15) is 0 Å². The van der Waals surface area contributed by atoms with Gasteiger partial charge in [0.2, 0.25) is 0 Å². The smallest absolute Gasteiger partial charge is 0.264 e. The van der Waals surface area contributed by atoms with Crippen LogP contribution in [0.25, 0.3) is 0 Å². The Morgan fingerprint density at radius 2 is 1.93 bits per heavy atom. The van der Waals surface area contributed by atoms with Crippen LogP contribution in [0.2, 0.25) is 5.02 Å². The highest BCUT2D eigenvalue weighted by atomic mass is 35.5. The Labute approximate surface area is 159 Å². The number of nitrogens with one attached hydrogen (secondary N) is 2. The van der Waals surface area contributed by atoms with Gasteiger partial charge in [-0.25, -0.2) is 12.8 Å². The van der Waals surface area contributed by atoms with E-state index < -0.39 is 26.6 Å². The van der Waals surface area contributed by atoms with Gasteiger partial charge in [-0.05, 0) is 43.3 Å². The minimum atomic E-state index is -4.18. The Balaban J connectivity index is 1.81. The fourth-order valence-corrected chi connectivity index (χ4v) is 3.55. The average Bonchev–Trinajstić information content (AvgIpc) is 3.00. The van der Waals surface area contributed by atoms with Crippen LogP contribution in [0.4, 0.5) is 15.8 Å². The van der Waals surface area contributed by atoms with Gasteiger partial charge in [0.1, 0.15) is 22.0 Å². The van der Waals surface area contributed by atoms with E-state index in [-0.39, 0.29) is 16.3 Å². The summed E-state index contributed by atoms with van der Waals surface area (Å²) in [5.41, 5.74) is 0.728. The molecule has 0 radical (unpaired) electrons. The number of rotatable bonds is 5. The van der Waals surface area contributed by atoms with Crippen molar-refractivity contribution in [3.05, 3.63) is 70.8 Å². The SMILES string of the molecule is Cc1oncc1C(=O)Nc1cccc(NS(=O)(=O)c2ccc(Cl)cc2F)c1. The van der Waals surface area contributed by atoms with Gasteiger partial charge in [0.25, 0.3) is 15.9 Å². The van der Waals surface area contributed by atoms with Crippen LogP contribution in [0.15, 0.2) is 58.1 Å². The van der Waals surface area contributed by atoms with Crippen LogP contribution in [0.3, 0.4) is 0 Å². The summed E-state index contributed by atoms with van der Waals surface area (Å²) in [6.45, 7) is 1.59. The van der Waals surface area contributed by atoms with Crippen molar-refractivity contribution < 1.29 is 22.1 Å². The fourth-order valence-electron chi connectivity index (χ4n) is 2.28. The van der Waals surface area contributed by atoms with Crippen LogP contribution in [0.1, 0.15) is 16.1 Å². The third kappa shape index (κ3) is 4.26. The number of carbonyl (C=O) groups excluding carboxylic acids is 1. The maximum Gasteiger partial charge on any atom is 0.264 e. The molecule has 0 aliphatic carbocycles. The summed E-state index contributed by atoms with van der Waals surface area (Å²) in [5.74, 6) is -1.08. The minimum absolute atomic E-state index is 0.0835. The van der Waals surface area contributed by atoms with Crippen LogP contribution in [0.5, 0.6) is 0 Å². The first-order valence-electron chi connectivity index (χ1n) is 7.57. The lowest BCUT2D eigenvalue weighted by atomic mass is 10.2. The molecule has 10 heteroatoms. The number of amides is 1. The Morgan fingerprint density at radius 1 is 1.19 bits per heavy atom. The summed E-state index contributed by atoms with van der Waals surface area (Å²) in [5, 5.41) is 6.21. The summed E-state index contributed by atoms with van der Waals surface area (Å²) in [7, 11) is -4.18. The van der Waals surface area contributed by atoms with E-state index >= 15 is 0 Å². The standard InChI is InChI=1S/C17H13ClFN3O4S/c1-10-14(9-20-26-10)17(23)21-12-3-2-4-13(8-12)22-27(24,25)16-6-5-11(18)7-15(16)19/h2-9,22H,1H3,(H,21,23). The van der Waals surface area contributed by atoms with Gasteiger partial charge < -0.3 is 9.84 Å². The molecule has 1 heterocycles. The van der Waals surface area contributed by atoms with Crippen LogP contribution in [0, 0.1) is 12.7 Å². The van der Waals surface area contributed by atoms with Crippen LogP contribution in [-0.2, 0) is 10.0 Å². The van der Waals surface area contributed by atoms with Crippen molar-refractivity contribution >= 4 is 38.9 Å². The number of nitrogens with zero attached hydrogens (tertiary/aromatic N) is 1. The second-order valence-electron chi connectivity index (χ2n) is 5.51. The highest BCUT2D eigenvalue weighted by Gasteiger charge is 2.20. The monoisotopic (exact) mass is 409 g/mol. The van der Waals surface area contributed by atoms with E-state index in [1.807, 2.05) is 0 Å². The normalized spacial score (nSPS) is 11.2. The van der Waals surface area contributed by atoms with Crippen LogP contribution < -0.4 is 10.0 Å². The zero-order valence-electron chi connectivity index (χ0n) is 13.9. The molecule has 27 heavy (non-hydrogen) atoms. The molecule has 2 N–H and O–H groups in total. The number of anilines is 2. The van der Waals surface area contributed by atoms with Crippen molar-refractivity contribution in [2.45, 2.75) is 11.8 Å². The summed E-state index contributed by atoms with van der Waals surface area (Å²) in [4.78, 5) is 11.6. The Morgan fingerprint density at radius 3 is 2.59 bits per heavy atom. The first kappa shape index (κ1) is 18.9. The van der Waals surface area contributed by atoms with Gasteiger partial charge >= 0.3 is 0 Å². The molecule has 0 saturated carbocycles. The van der Waals surface area contributed by atoms with Gasteiger partial charge in [0.15, 0.2) is 0 Å². The zero-order chi connectivity index (χ0) is 19.6. The lowest BCUT2D eigenvalue weighted by Gasteiger charge is -2.11. The molecule has 3 aromatic rings.